The monoisotopic (exact) mass is 234 g/mol. The molecule has 1 saturated carbocycles. The van der Waals surface area contributed by atoms with Gasteiger partial charge in [0.15, 0.2) is 0 Å². The van der Waals surface area contributed by atoms with E-state index in [-0.39, 0.29) is 5.41 Å². The summed E-state index contributed by atoms with van der Waals surface area (Å²) in [5.41, 5.74) is -0.0515. The van der Waals surface area contributed by atoms with Crippen LogP contribution in [0.2, 0.25) is 0 Å². The minimum atomic E-state index is -0.0515. The van der Waals surface area contributed by atoms with E-state index in [0.717, 1.165) is 43.8 Å². The number of hydrogen-bond acceptors (Lipinski definition) is 2. The van der Waals surface area contributed by atoms with Crippen LogP contribution in [0.4, 0.5) is 0 Å². The Morgan fingerprint density at radius 3 is 2.29 bits per heavy atom. The predicted molar refractivity (Wildman–Crippen MR) is 70.5 cm³/mol. The maximum absolute atomic E-state index is 9.16. The SMILES string of the molecule is CC1CCC(N2CCC(C)(C#N)CC2)CC1C. The molecule has 1 aliphatic carbocycles. The van der Waals surface area contributed by atoms with Gasteiger partial charge in [-0.25, -0.2) is 0 Å². The van der Waals surface area contributed by atoms with Crippen molar-refractivity contribution in [2.45, 2.75) is 58.9 Å². The van der Waals surface area contributed by atoms with Gasteiger partial charge in [-0.2, -0.15) is 5.26 Å². The van der Waals surface area contributed by atoms with Gasteiger partial charge in [0.2, 0.25) is 0 Å². The molecule has 3 unspecified atom stereocenters. The van der Waals surface area contributed by atoms with Crippen molar-refractivity contribution in [3.05, 3.63) is 0 Å². The molecule has 0 N–H and O–H groups in total. The first-order valence-electron chi connectivity index (χ1n) is 7.19. The van der Waals surface area contributed by atoms with Crippen molar-refractivity contribution in [3.63, 3.8) is 0 Å². The maximum Gasteiger partial charge on any atom is 0.0687 e. The van der Waals surface area contributed by atoms with Gasteiger partial charge in [-0.3, -0.25) is 0 Å². The van der Waals surface area contributed by atoms with Gasteiger partial charge in [0.05, 0.1) is 11.5 Å². The smallest absolute Gasteiger partial charge is 0.0687 e. The Kier molecular flexibility index (Phi) is 3.78. The number of rotatable bonds is 1. The van der Waals surface area contributed by atoms with E-state index in [1.807, 2.05) is 0 Å². The molecular weight excluding hydrogens is 208 g/mol. The fourth-order valence-electron chi connectivity index (χ4n) is 3.35. The highest BCUT2D eigenvalue weighted by Crippen LogP contribution is 2.36. The summed E-state index contributed by atoms with van der Waals surface area (Å²) in [6.45, 7) is 9.19. The normalized spacial score (nSPS) is 38.6. The van der Waals surface area contributed by atoms with Crippen molar-refractivity contribution in [3.8, 4) is 6.07 Å². The van der Waals surface area contributed by atoms with E-state index in [2.05, 4.69) is 31.7 Å². The summed E-state index contributed by atoms with van der Waals surface area (Å²) in [5, 5.41) is 9.16. The molecule has 1 aliphatic heterocycles. The fraction of sp³-hybridized carbons (Fsp3) is 0.933. The third-order valence-corrected chi connectivity index (χ3v) is 5.26. The van der Waals surface area contributed by atoms with Crippen LogP contribution in [0.1, 0.15) is 52.9 Å². The highest BCUT2D eigenvalue weighted by atomic mass is 15.2. The number of hydrogen-bond donors (Lipinski definition) is 0. The van der Waals surface area contributed by atoms with Crippen LogP contribution in [0, 0.1) is 28.6 Å². The van der Waals surface area contributed by atoms with E-state index < -0.39 is 0 Å². The number of nitriles is 1. The molecule has 1 saturated heterocycles. The van der Waals surface area contributed by atoms with Crippen LogP contribution >= 0.6 is 0 Å². The molecule has 2 fully saturated rings. The van der Waals surface area contributed by atoms with Gasteiger partial charge < -0.3 is 4.90 Å². The van der Waals surface area contributed by atoms with Crippen LogP contribution in [0.5, 0.6) is 0 Å². The minimum absolute atomic E-state index is 0.0515. The summed E-state index contributed by atoms with van der Waals surface area (Å²) in [6, 6.07) is 3.29. The van der Waals surface area contributed by atoms with Gasteiger partial charge >= 0.3 is 0 Å². The molecule has 0 bridgehead atoms. The Labute approximate surface area is 106 Å². The van der Waals surface area contributed by atoms with Crippen LogP contribution in [-0.2, 0) is 0 Å². The minimum Gasteiger partial charge on any atom is -0.300 e. The molecule has 2 nitrogen and oxygen atoms in total. The summed E-state index contributed by atoms with van der Waals surface area (Å²) in [6.07, 6.45) is 6.24. The van der Waals surface area contributed by atoms with Crippen molar-refractivity contribution in [1.29, 1.82) is 5.26 Å². The lowest BCUT2D eigenvalue weighted by atomic mass is 9.76. The van der Waals surface area contributed by atoms with Crippen LogP contribution < -0.4 is 0 Å². The van der Waals surface area contributed by atoms with Crippen molar-refractivity contribution >= 4 is 0 Å². The highest BCUT2D eigenvalue weighted by molar-refractivity contribution is 4.99. The largest absolute Gasteiger partial charge is 0.300 e. The molecule has 3 atom stereocenters. The number of nitrogens with zero attached hydrogens (tertiary/aromatic N) is 2. The molecule has 96 valence electrons. The van der Waals surface area contributed by atoms with Crippen LogP contribution in [0.15, 0.2) is 0 Å². The topological polar surface area (TPSA) is 27.0 Å². The molecule has 2 aliphatic rings. The van der Waals surface area contributed by atoms with Crippen LogP contribution in [0.25, 0.3) is 0 Å². The first kappa shape index (κ1) is 12.9. The van der Waals surface area contributed by atoms with Crippen LogP contribution in [0.3, 0.4) is 0 Å². The molecule has 0 radical (unpaired) electrons. The van der Waals surface area contributed by atoms with E-state index >= 15 is 0 Å². The number of piperidine rings is 1. The molecule has 0 aromatic heterocycles. The molecule has 0 aromatic carbocycles. The predicted octanol–water partition coefficient (Wildman–Crippen LogP) is 3.44. The Morgan fingerprint density at radius 2 is 1.76 bits per heavy atom. The molecule has 0 amide bonds. The average molecular weight is 234 g/mol. The molecule has 0 spiro atoms. The Bertz CT molecular complexity index is 297. The zero-order valence-corrected chi connectivity index (χ0v) is 11.6. The first-order chi connectivity index (χ1) is 8.04. The Balaban J connectivity index is 1.87. The van der Waals surface area contributed by atoms with E-state index in [1.54, 1.807) is 0 Å². The summed E-state index contributed by atoms with van der Waals surface area (Å²) in [4.78, 5) is 2.65. The van der Waals surface area contributed by atoms with Crippen molar-refractivity contribution in [2.24, 2.45) is 17.3 Å². The summed E-state index contributed by atoms with van der Waals surface area (Å²) in [7, 11) is 0. The fourth-order valence-corrected chi connectivity index (χ4v) is 3.35. The van der Waals surface area contributed by atoms with Gasteiger partial charge in [0.25, 0.3) is 0 Å². The molecule has 17 heavy (non-hydrogen) atoms. The lowest BCUT2D eigenvalue weighted by Gasteiger charge is -2.43. The first-order valence-corrected chi connectivity index (χ1v) is 7.19. The summed E-state index contributed by atoms with van der Waals surface area (Å²) in [5.74, 6) is 1.78. The zero-order chi connectivity index (χ0) is 12.5. The van der Waals surface area contributed by atoms with Crippen molar-refractivity contribution in [1.82, 2.24) is 4.90 Å². The Morgan fingerprint density at radius 1 is 1.12 bits per heavy atom. The standard InChI is InChI=1S/C15H26N2/c1-12-4-5-14(10-13(12)2)17-8-6-15(3,11-16)7-9-17/h12-14H,4-10H2,1-3H3. The van der Waals surface area contributed by atoms with Gasteiger partial charge in [-0.1, -0.05) is 13.8 Å². The molecule has 2 rings (SSSR count). The lowest BCUT2D eigenvalue weighted by molar-refractivity contribution is 0.0646. The lowest BCUT2D eigenvalue weighted by Crippen LogP contribution is -2.46. The quantitative estimate of drug-likeness (QED) is 0.695. The van der Waals surface area contributed by atoms with E-state index in [9.17, 15) is 0 Å². The third kappa shape index (κ3) is 2.83. The average Bonchev–Trinajstić information content (AvgIpc) is 2.34. The van der Waals surface area contributed by atoms with E-state index in [1.165, 1.54) is 19.3 Å². The van der Waals surface area contributed by atoms with Gasteiger partial charge in [-0.15, -0.1) is 0 Å². The van der Waals surface area contributed by atoms with Crippen molar-refractivity contribution in [2.75, 3.05) is 13.1 Å². The van der Waals surface area contributed by atoms with E-state index in [0.29, 0.717) is 0 Å². The van der Waals surface area contributed by atoms with Gasteiger partial charge in [-0.05, 0) is 64.0 Å². The van der Waals surface area contributed by atoms with Crippen molar-refractivity contribution < 1.29 is 0 Å². The second kappa shape index (κ2) is 4.98. The molecule has 2 heteroatoms. The zero-order valence-electron chi connectivity index (χ0n) is 11.6. The van der Waals surface area contributed by atoms with Gasteiger partial charge in [0, 0.05) is 6.04 Å². The second-order valence-electron chi connectivity index (χ2n) is 6.63. The van der Waals surface area contributed by atoms with Crippen LogP contribution in [-0.4, -0.2) is 24.0 Å². The molecule has 1 heterocycles. The Hall–Kier alpha value is -0.550. The molecule has 0 aromatic rings. The van der Waals surface area contributed by atoms with E-state index in [4.69, 9.17) is 5.26 Å². The molecular formula is C15H26N2. The highest BCUT2D eigenvalue weighted by Gasteiger charge is 2.35. The third-order valence-electron chi connectivity index (χ3n) is 5.26. The number of likely N-dealkylation sites (tertiary alicyclic amines) is 1. The summed E-state index contributed by atoms with van der Waals surface area (Å²) < 4.78 is 0. The van der Waals surface area contributed by atoms with Gasteiger partial charge in [0.1, 0.15) is 0 Å². The maximum atomic E-state index is 9.16. The second-order valence-corrected chi connectivity index (χ2v) is 6.63. The summed E-state index contributed by atoms with van der Waals surface area (Å²) >= 11 is 0.